The van der Waals surface area contributed by atoms with Crippen LogP contribution in [-0.2, 0) is 9.59 Å². The standard InChI is InChI=1S/C17H30N2O3/c1-12(18-17(22)13-6-2-3-7-13)10-16(21)19-15-9-5-4-8-14(15)11-20/h12-15,20H,2-11H2,1H3,(H,18,22)(H,19,21). The molecule has 0 spiro atoms. The van der Waals surface area contributed by atoms with Crippen molar-refractivity contribution >= 4 is 11.8 Å². The van der Waals surface area contributed by atoms with E-state index in [1.807, 2.05) is 6.92 Å². The molecular weight excluding hydrogens is 280 g/mol. The minimum absolute atomic E-state index is 0.0235. The Bertz CT molecular complexity index is 380. The topological polar surface area (TPSA) is 78.4 Å². The van der Waals surface area contributed by atoms with E-state index < -0.39 is 0 Å². The van der Waals surface area contributed by atoms with Crippen LogP contribution in [0, 0.1) is 11.8 Å². The van der Waals surface area contributed by atoms with E-state index in [1.54, 1.807) is 0 Å². The Morgan fingerprint density at radius 1 is 1.09 bits per heavy atom. The van der Waals surface area contributed by atoms with Crippen molar-refractivity contribution in [3.63, 3.8) is 0 Å². The summed E-state index contributed by atoms with van der Waals surface area (Å²) >= 11 is 0. The zero-order valence-electron chi connectivity index (χ0n) is 13.6. The summed E-state index contributed by atoms with van der Waals surface area (Å²) in [5, 5.41) is 15.4. The van der Waals surface area contributed by atoms with Crippen molar-refractivity contribution in [3.05, 3.63) is 0 Å². The minimum Gasteiger partial charge on any atom is -0.396 e. The Morgan fingerprint density at radius 3 is 2.41 bits per heavy atom. The lowest BCUT2D eigenvalue weighted by Gasteiger charge is -2.31. The fourth-order valence-electron chi connectivity index (χ4n) is 3.76. The van der Waals surface area contributed by atoms with Gasteiger partial charge in [0, 0.05) is 36.9 Å². The van der Waals surface area contributed by atoms with Crippen LogP contribution in [0.3, 0.4) is 0 Å². The fraction of sp³-hybridized carbons (Fsp3) is 0.882. The second kappa shape index (κ2) is 8.51. The van der Waals surface area contributed by atoms with Crippen LogP contribution in [0.4, 0.5) is 0 Å². The van der Waals surface area contributed by atoms with Gasteiger partial charge in [0.1, 0.15) is 0 Å². The van der Waals surface area contributed by atoms with Crippen LogP contribution in [0.5, 0.6) is 0 Å². The molecule has 0 aromatic carbocycles. The first-order valence-electron chi connectivity index (χ1n) is 8.80. The summed E-state index contributed by atoms with van der Waals surface area (Å²) in [5.41, 5.74) is 0. The van der Waals surface area contributed by atoms with E-state index in [2.05, 4.69) is 10.6 Å². The Balaban J connectivity index is 1.72. The molecule has 0 radical (unpaired) electrons. The highest BCUT2D eigenvalue weighted by atomic mass is 16.3. The smallest absolute Gasteiger partial charge is 0.223 e. The molecule has 3 unspecified atom stereocenters. The van der Waals surface area contributed by atoms with Crippen LogP contribution in [0.1, 0.15) is 64.7 Å². The monoisotopic (exact) mass is 310 g/mol. The zero-order valence-corrected chi connectivity index (χ0v) is 13.6. The minimum atomic E-state index is -0.135. The molecule has 0 aliphatic heterocycles. The molecule has 2 rings (SSSR count). The normalized spacial score (nSPS) is 27.4. The summed E-state index contributed by atoms with van der Waals surface area (Å²) < 4.78 is 0. The quantitative estimate of drug-likeness (QED) is 0.699. The van der Waals surface area contributed by atoms with Gasteiger partial charge < -0.3 is 15.7 Å². The molecule has 0 heterocycles. The van der Waals surface area contributed by atoms with Crippen molar-refractivity contribution in [2.75, 3.05) is 6.61 Å². The van der Waals surface area contributed by atoms with Gasteiger partial charge in [-0.1, -0.05) is 25.7 Å². The lowest BCUT2D eigenvalue weighted by Crippen LogP contribution is -2.46. The molecule has 2 amide bonds. The molecule has 3 N–H and O–H groups in total. The van der Waals surface area contributed by atoms with Crippen molar-refractivity contribution in [2.45, 2.75) is 76.8 Å². The van der Waals surface area contributed by atoms with Gasteiger partial charge in [-0.25, -0.2) is 0 Å². The molecule has 5 heteroatoms. The van der Waals surface area contributed by atoms with E-state index in [0.717, 1.165) is 51.4 Å². The maximum Gasteiger partial charge on any atom is 0.223 e. The third-order valence-electron chi connectivity index (χ3n) is 5.10. The van der Waals surface area contributed by atoms with Crippen molar-refractivity contribution in [2.24, 2.45) is 11.8 Å². The fourth-order valence-corrected chi connectivity index (χ4v) is 3.76. The SMILES string of the molecule is CC(CC(=O)NC1CCCCC1CO)NC(=O)C1CCCC1. The molecule has 0 aromatic heterocycles. The number of aliphatic hydroxyl groups excluding tert-OH is 1. The molecular formula is C17H30N2O3. The van der Waals surface area contributed by atoms with Crippen LogP contribution in [0.2, 0.25) is 0 Å². The van der Waals surface area contributed by atoms with Crippen LogP contribution in [0.15, 0.2) is 0 Å². The van der Waals surface area contributed by atoms with E-state index in [4.69, 9.17) is 0 Å². The lowest BCUT2D eigenvalue weighted by molar-refractivity contribution is -0.126. The van der Waals surface area contributed by atoms with Crippen LogP contribution in [-0.4, -0.2) is 35.6 Å². The Labute approximate surface area is 133 Å². The predicted molar refractivity (Wildman–Crippen MR) is 85.2 cm³/mol. The summed E-state index contributed by atoms with van der Waals surface area (Å²) in [6.45, 7) is 2.02. The van der Waals surface area contributed by atoms with E-state index in [9.17, 15) is 14.7 Å². The second-order valence-corrected chi connectivity index (χ2v) is 7.00. The molecule has 0 bridgehead atoms. The van der Waals surface area contributed by atoms with Gasteiger partial charge in [0.25, 0.3) is 0 Å². The first-order valence-corrected chi connectivity index (χ1v) is 8.80. The molecule has 22 heavy (non-hydrogen) atoms. The summed E-state index contributed by atoms with van der Waals surface area (Å²) in [6.07, 6.45) is 8.70. The Morgan fingerprint density at radius 2 is 1.73 bits per heavy atom. The number of rotatable bonds is 6. The highest BCUT2D eigenvalue weighted by Crippen LogP contribution is 2.25. The van der Waals surface area contributed by atoms with E-state index in [-0.39, 0.29) is 42.3 Å². The summed E-state index contributed by atoms with van der Waals surface area (Å²) in [5.74, 6) is 0.400. The number of carbonyl (C=O) groups is 2. The van der Waals surface area contributed by atoms with Crippen molar-refractivity contribution in [1.29, 1.82) is 0 Å². The number of amides is 2. The summed E-state index contributed by atoms with van der Waals surface area (Å²) in [7, 11) is 0. The maximum atomic E-state index is 12.1. The third kappa shape index (κ3) is 4.97. The van der Waals surface area contributed by atoms with Crippen LogP contribution < -0.4 is 10.6 Å². The van der Waals surface area contributed by atoms with Gasteiger partial charge in [0.05, 0.1) is 0 Å². The zero-order chi connectivity index (χ0) is 15.9. The van der Waals surface area contributed by atoms with Gasteiger partial charge in [0.2, 0.25) is 11.8 Å². The van der Waals surface area contributed by atoms with E-state index in [0.29, 0.717) is 6.42 Å². The number of hydrogen-bond donors (Lipinski definition) is 3. The summed E-state index contributed by atoms with van der Waals surface area (Å²) in [6, 6.07) is -0.0479. The van der Waals surface area contributed by atoms with Gasteiger partial charge in [0.15, 0.2) is 0 Å². The highest BCUT2D eigenvalue weighted by Gasteiger charge is 2.27. The maximum absolute atomic E-state index is 12.1. The average Bonchev–Trinajstić information content (AvgIpc) is 3.01. The number of nitrogens with one attached hydrogen (secondary N) is 2. The average molecular weight is 310 g/mol. The number of hydrogen-bond acceptors (Lipinski definition) is 3. The lowest BCUT2D eigenvalue weighted by atomic mass is 9.85. The van der Waals surface area contributed by atoms with Crippen molar-refractivity contribution < 1.29 is 14.7 Å². The molecule has 5 nitrogen and oxygen atoms in total. The second-order valence-electron chi connectivity index (χ2n) is 7.00. The van der Waals surface area contributed by atoms with Gasteiger partial charge in [-0.3, -0.25) is 9.59 Å². The van der Waals surface area contributed by atoms with Crippen LogP contribution >= 0.6 is 0 Å². The molecule has 2 fully saturated rings. The van der Waals surface area contributed by atoms with Gasteiger partial charge in [-0.15, -0.1) is 0 Å². The molecule has 2 aliphatic rings. The highest BCUT2D eigenvalue weighted by molar-refractivity contribution is 5.81. The first kappa shape index (κ1) is 17.3. The van der Waals surface area contributed by atoms with Gasteiger partial charge >= 0.3 is 0 Å². The summed E-state index contributed by atoms with van der Waals surface area (Å²) in [4.78, 5) is 24.2. The third-order valence-corrected chi connectivity index (χ3v) is 5.10. The van der Waals surface area contributed by atoms with Crippen LogP contribution in [0.25, 0.3) is 0 Å². The first-order chi connectivity index (χ1) is 10.6. The van der Waals surface area contributed by atoms with E-state index in [1.165, 1.54) is 0 Å². The van der Waals surface area contributed by atoms with Crippen molar-refractivity contribution in [1.82, 2.24) is 10.6 Å². The molecule has 2 aliphatic carbocycles. The molecule has 2 saturated carbocycles. The predicted octanol–water partition coefficient (Wildman–Crippen LogP) is 1.74. The molecule has 3 atom stereocenters. The number of aliphatic hydroxyl groups is 1. The largest absolute Gasteiger partial charge is 0.396 e. The number of carbonyl (C=O) groups excluding carboxylic acids is 2. The van der Waals surface area contributed by atoms with Crippen molar-refractivity contribution in [3.8, 4) is 0 Å². The molecule has 126 valence electrons. The van der Waals surface area contributed by atoms with Gasteiger partial charge in [-0.2, -0.15) is 0 Å². The van der Waals surface area contributed by atoms with E-state index >= 15 is 0 Å². The van der Waals surface area contributed by atoms with Gasteiger partial charge in [-0.05, 0) is 32.6 Å². The molecule has 0 saturated heterocycles. The molecule has 0 aromatic rings. The Kier molecular flexibility index (Phi) is 6.68. The Hall–Kier alpha value is -1.10.